The van der Waals surface area contributed by atoms with Gasteiger partial charge in [-0.15, -0.1) is 0 Å². The van der Waals surface area contributed by atoms with Gasteiger partial charge in [0.2, 0.25) is 0 Å². The predicted molar refractivity (Wildman–Crippen MR) is 131 cm³/mol. The Balaban J connectivity index is 1.89. The van der Waals surface area contributed by atoms with E-state index in [4.69, 9.17) is 21.1 Å². The Morgan fingerprint density at radius 3 is 2.34 bits per heavy atom. The standard InChI is InChI=1S/C25H29ClN2O3S/c1-15(2)18-9-12-20(16(3)13-18)30-22(17-7-10-19(26)11-8-17)21-14-27-23(32-21)28-24(29)31-25(4,5)6/h7-15,22H,1-6H3,(H,27,28,29). The number of nitrogens with zero attached hydrogens (tertiary/aromatic N) is 1. The molecule has 0 aliphatic carbocycles. The van der Waals surface area contributed by atoms with Gasteiger partial charge in [-0.1, -0.05) is 61.1 Å². The average molecular weight is 473 g/mol. The van der Waals surface area contributed by atoms with Crippen LogP contribution in [0.25, 0.3) is 0 Å². The van der Waals surface area contributed by atoms with Gasteiger partial charge >= 0.3 is 6.09 Å². The summed E-state index contributed by atoms with van der Waals surface area (Å²) in [7, 11) is 0. The molecule has 1 amide bonds. The fourth-order valence-corrected chi connectivity index (χ4v) is 4.06. The zero-order valence-electron chi connectivity index (χ0n) is 19.2. The summed E-state index contributed by atoms with van der Waals surface area (Å²) in [6.07, 6.45) is 0.777. The lowest BCUT2D eigenvalue weighted by molar-refractivity contribution is 0.0636. The summed E-state index contributed by atoms with van der Waals surface area (Å²) in [4.78, 5) is 17.3. The highest BCUT2D eigenvalue weighted by Crippen LogP contribution is 2.36. The maximum Gasteiger partial charge on any atom is 0.413 e. The normalized spacial score (nSPS) is 12.5. The second-order valence-electron chi connectivity index (χ2n) is 8.92. The Kier molecular flexibility index (Phi) is 7.47. The van der Waals surface area contributed by atoms with Crippen molar-refractivity contribution < 1.29 is 14.3 Å². The summed E-state index contributed by atoms with van der Waals surface area (Å²) in [5.74, 6) is 1.24. The number of hydrogen-bond acceptors (Lipinski definition) is 5. The SMILES string of the molecule is Cc1cc(C(C)C)ccc1OC(c1ccc(Cl)cc1)c1cnc(NC(=O)OC(C)(C)C)s1. The minimum Gasteiger partial charge on any atom is -0.480 e. The number of benzene rings is 2. The molecule has 0 saturated heterocycles. The molecule has 3 aromatic rings. The molecule has 0 saturated carbocycles. The van der Waals surface area contributed by atoms with Gasteiger partial charge in [-0.3, -0.25) is 5.32 Å². The molecule has 0 bridgehead atoms. The number of amides is 1. The molecule has 0 fully saturated rings. The van der Waals surface area contributed by atoms with Crippen LogP contribution < -0.4 is 10.1 Å². The van der Waals surface area contributed by atoms with E-state index in [9.17, 15) is 4.79 Å². The average Bonchev–Trinajstić information content (AvgIpc) is 3.14. The molecule has 32 heavy (non-hydrogen) atoms. The number of carbonyl (C=O) groups is 1. The van der Waals surface area contributed by atoms with Gasteiger partial charge < -0.3 is 9.47 Å². The zero-order chi connectivity index (χ0) is 23.5. The van der Waals surface area contributed by atoms with Gasteiger partial charge in [0.05, 0.1) is 4.88 Å². The van der Waals surface area contributed by atoms with Crippen LogP contribution in [0.2, 0.25) is 5.02 Å². The molecule has 1 unspecified atom stereocenters. The molecule has 1 atom stereocenters. The molecular formula is C25H29ClN2O3S. The van der Waals surface area contributed by atoms with E-state index in [0.29, 0.717) is 16.1 Å². The first kappa shape index (κ1) is 24.1. The summed E-state index contributed by atoms with van der Waals surface area (Å²) < 4.78 is 11.8. The molecule has 1 aromatic heterocycles. The van der Waals surface area contributed by atoms with E-state index in [1.54, 1.807) is 6.20 Å². The summed E-state index contributed by atoms with van der Waals surface area (Å²) >= 11 is 7.44. The van der Waals surface area contributed by atoms with Crippen LogP contribution in [0.1, 0.15) is 68.2 Å². The highest BCUT2D eigenvalue weighted by atomic mass is 35.5. The van der Waals surface area contributed by atoms with Crippen molar-refractivity contribution in [2.75, 3.05) is 5.32 Å². The fourth-order valence-electron chi connectivity index (χ4n) is 3.08. The molecule has 5 nitrogen and oxygen atoms in total. The maximum atomic E-state index is 12.1. The van der Waals surface area contributed by atoms with Crippen molar-refractivity contribution in [3.05, 3.63) is 75.3 Å². The van der Waals surface area contributed by atoms with Gasteiger partial charge in [0.1, 0.15) is 11.4 Å². The number of thiazole rings is 1. The molecule has 0 aliphatic heterocycles. The van der Waals surface area contributed by atoms with Gasteiger partial charge in [-0.05, 0) is 68.5 Å². The smallest absolute Gasteiger partial charge is 0.413 e. The zero-order valence-corrected chi connectivity index (χ0v) is 20.8. The number of carbonyl (C=O) groups excluding carboxylic acids is 1. The highest BCUT2D eigenvalue weighted by Gasteiger charge is 2.22. The summed E-state index contributed by atoms with van der Waals surface area (Å²) in [5.41, 5.74) is 2.68. The van der Waals surface area contributed by atoms with E-state index in [0.717, 1.165) is 21.8 Å². The number of aromatic nitrogens is 1. The first-order valence-corrected chi connectivity index (χ1v) is 11.7. The molecule has 3 rings (SSSR count). The monoisotopic (exact) mass is 472 g/mol. The van der Waals surface area contributed by atoms with Crippen molar-refractivity contribution in [2.45, 2.75) is 59.2 Å². The topological polar surface area (TPSA) is 60.5 Å². The van der Waals surface area contributed by atoms with Crippen LogP contribution in [-0.2, 0) is 4.74 Å². The van der Waals surface area contributed by atoms with E-state index in [1.807, 2.05) is 58.0 Å². The number of anilines is 1. The van der Waals surface area contributed by atoms with Crippen LogP contribution >= 0.6 is 22.9 Å². The lowest BCUT2D eigenvalue weighted by Crippen LogP contribution is -2.27. The third-order valence-electron chi connectivity index (χ3n) is 4.67. The molecule has 170 valence electrons. The number of ether oxygens (including phenoxy) is 2. The summed E-state index contributed by atoms with van der Waals surface area (Å²) in [6.45, 7) is 11.8. The van der Waals surface area contributed by atoms with Crippen LogP contribution in [0.4, 0.5) is 9.93 Å². The number of hydrogen-bond donors (Lipinski definition) is 1. The first-order valence-electron chi connectivity index (χ1n) is 10.5. The predicted octanol–water partition coefficient (Wildman–Crippen LogP) is 7.74. The van der Waals surface area contributed by atoms with Crippen molar-refractivity contribution >= 4 is 34.2 Å². The Labute approximate surface area is 198 Å². The molecular weight excluding hydrogens is 444 g/mol. The number of rotatable bonds is 6. The van der Waals surface area contributed by atoms with Gasteiger partial charge in [0, 0.05) is 11.2 Å². The van der Waals surface area contributed by atoms with Crippen molar-refractivity contribution in [2.24, 2.45) is 0 Å². The fraction of sp³-hybridized carbons (Fsp3) is 0.360. The Hall–Kier alpha value is -2.57. The lowest BCUT2D eigenvalue weighted by Gasteiger charge is -2.20. The first-order chi connectivity index (χ1) is 15.0. The van der Waals surface area contributed by atoms with E-state index in [1.165, 1.54) is 16.9 Å². The van der Waals surface area contributed by atoms with E-state index in [-0.39, 0.29) is 0 Å². The summed E-state index contributed by atoms with van der Waals surface area (Å²) in [6, 6.07) is 13.8. The number of nitrogens with one attached hydrogen (secondary N) is 1. The third kappa shape index (κ3) is 6.47. The molecule has 0 spiro atoms. The second kappa shape index (κ2) is 9.92. The third-order valence-corrected chi connectivity index (χ3v) is 5.88. The Bertz CT molecular complexity index is 1070. The van der Waals surface area contributed by atoms with Gasteiger partial charge in [-0.2, -0.15) is 0 Å². The highest BCUT2D eigenvalue weighted by molar-refractivity contribution is 7.15. The van der Waals surface area contributed by atoms with Crippen molar-refractivity contribution in [1.29, 1.82) is 0 Å². The van der Waals surface area contributed by atoms with Gasteiger partial charge in [0.25, 0.3) is 0 Å². The second-order valence-corrected chi connectivity index (χ2v) is 10.4. The largest absolute Gasteiger partial charge is 0.480 e. The van der Waals surface area contributed by atoms with Crippen LogP contribution in [0.15, 0.2) is 48.7 Å². The quantitative estimate of drug-likeness (QED) is 0.398. The Morgan fingerprint density at radius 2 is 1.75 bits per heavy atom. The van der Waals surface area contributed by atoms with Crippen molar-refractivity contribution in [3.8, 4) is 5.75 Å². The van der Waals surface area contributed by atoms with E-state index >= 15 is 0 Å². The Morgan fingerprint density at radius 1 is 1.09 bits per heavy atom. The van der Waals surface area contributed by atoms with Crippen LogP contribution in [0, 0.1) is 6.92 Å². The van der Waals surface area contributed by atoms with Crippen molar-refractivity contribution in [1.82, 2.24) is 4.98 Å². The minimum absolute atomic E-state index is 0.400. The minimum atomic E-state index is -0.585. The maximum absolute atomic E-state index is 12.1. The molecule has 7 heteroatoms. The molecule has 1 heterocycles. The van der Waals surface area contributed by atoms with E-state index in [2.05, 4.69) is 36.3 Å². The number of halogens is 1. The lowest BCUT2D eigenvalue weighted by atomic mass is 10.0. The van der Waals surface area contributed by atoms with E-state index < -0.39 is 17.8 Å². The van der Waals surface area contributed by atoms with Gasteiger partial charge in [-0.25, -0.2) is 9.78 Å². The van der Waals surface area contributed by atoms with Crippen LogP contribution in [0.5, 0.6) is 5.75 Å². The summed E-state index contributed by atoms with van der Waals surface area (Å²) in [5, 5.41) is 3.80. The molecule has 1 N–H and O–H groups in total. The van der Waals surface area contributed by atoms with Crippen LogP contribution in [0.3, 0.4) is 0 Å². The molecule has 0 radical (unpaired) electrons. The molecule has 0 aliphatic rings. The molecule has 2 aromatic carbocycles. The van der Waals surface area contributed by atoms with Crippen molar-refractivity contribution in [3.63, 3.8) is 0 Å². The number of aryl methyl sites for hydroxylation is 1. The van der Waals surface area contributed by atoms with Crippen LogP contribution in [-0.4, -0.2) is 16.7 Å². The van der Waals surface area contributed by atoms with Gasteiger partial charge in [0.15, 0.2) is 11.2 Å².